The van der Waals surface area contributed by atoms with Crippen molar-refractivity contribution in [3.05, 3.63) is 82.2 Å². The Bertz CT molecular complexity index is 1290. The maximum absolute atomic E-state index is 12.5. The number of rotatable bonds is 7. The Balaban J connectivity index is 1.72. The van der Waals surface area contributed by atoms with Crippen molar-refractivity contribution in [3.8, 4) is 17.5 Å². The minimum absolute atomic E-state index is 0.186. The maximum Gasteiger partial charge on any atom is 0.349 e. The lowest BCUT2D eigenvalue weighted by atomic mass is 10.1. The monoisotopic (exact) mass is 457 g/mol. The van der Waals surface area contributed by atoms with Gasteiger partial charge in [-0.2, -0.15) is 5.26 Å². The predicted octanol–water partition coefficient (Wildman–Crippen LogP) is 4.81. The molecular formula is C27H27N3O4. The number of hydrogen-bond donors (Lipinski definition) is 1. The second-order valence-corrected chi connectivity index (χ2v) is 7.97. The summed E-state index contributed by atoms with van der Waals surface area (Å²) in [6, 6.07) is 17.0. The van der Waals surface area contributed by atoms with Crippen LogP contribution in [0.2, 0.25) is 0 Å². The number of esters is 1. The highest BCUT2D eigenvalue weighted by Crippen LogP contribution is 2.24. The number of methoxy groups -OCH3 is 1. The standard InChI is InChI=1S/C27H27N3O4/c1-17-6-11-25(18(2)12-17)29-26(31)16-34-27(32)22(15-28)14-21-13-19(3)30(20(21)4)23-7-9-24(33-5)10-8-23/h6-14H,16H2,1-5H3,(H,29,31)/b22-14+. The molecule has 1 aromatic heterocycles. The molecular weight excluding hydrogens is 430 g/mol. The van der Waals surface area contributed by atoms with Gasteiger partial charge in [0.1, 0.15) is 17.4 Å². The number of benzene rings is 2. The Morgan fingerprint density at radius 2 is 1.76 bits per heavy atom. The van der Waals surface area contributed by atoms with Crippen molar-refractivity contribution in [1.29, 1.82) is 5.26 Å². The van der Waals surface area contributed by atoms with Crippen LogP contribution in [-0.4, -0.2) is 30.2 Å². The number of hydrogen-bond acceptors (Lipinski definition) is 5. The summed E-state index contributed by atoms with van der Waals surface area (Å²) in [6.07, 6.45) is 1.48. The molecule has 7 heteroatoms. The first-order chi connectivity index (χ1) is 16.2. The molecule has 0 aliphatic carbocycles. The number of aromatic nitrogens is 1. The molecule has 2 aromatic carbocycles. The average Bonchev–Trinajstić information content (AvgIpc) is 3.10. The molecule has 3 aromatic rings. The zero-order valence-corrected chi connectivity index (χ0v) is 19.9. The normalized spacial score (nSPS) is 11.0. The summed E-state index contributed by atoms with van der Waals surface area (Å²) in [6.45, 7) is 7.20. The lowest BCUT2D eigenvalue weighted by molar-refractivity contribution is -0.142. The van der Waals surface area contributed by atoms with Gasteiger partial charge in [-0.1, -0.05) is 17.7 Å². The molecule has 0 radical (unpaired) electrons. The Labute approximate surface area is 199 Å². The zero-order chi connectivity index (χ0) is 24.8. The number of ether oxygens (including phenoxy) is 2. The molecule has 3 rings (SSSR count). The van der Waals surface area contributed by atoms with E-state index in [4.69, 9.17) is 9.47 Å². The van der Waals surface area contributed by atoms with Crippen LogP contribution in [0.4, 0.5) is 5.69 Å². The topological polar surface area (TPSA) is 93.3 Å². The first-order valence-electron chi connectivity index (χ1n) is 10.7. The maximum atomic E-state index is 12.5. The summed E-state index contributed by atoms with van der Waals surface area (Å²) in [5, 5.41) is 12.2. The minimum atomic E-state index is -0.854. The molecule has 1 heterocycles. The number of aryl methyl sites for hydroxylation is 3. The van der Waals surface area contributed by atoms with E-state index < -0.39 is 18.5 Å². The summed E-state index contributed by atoms with van der Waals surface area (Å²) in [5.74, 6) is -0.578. The fraction of sp³-hybridized carbons (Fsp3) is 0.222. The SMILES string of the molecule is COc1ccc(-n2c(C)cc(/C=C(\C#N)C(=O)OCC(=O)Nc3ccc(C)cc3C)c2C)cc1. The van der Waals surface area contributed by atoms with Gasteiger partial charge in [-0.05, 0) is 81.3 Å². The lowest BCUT2D eigenvalue weighted by Crippen LogP contribution is -2.21. The van der Waals surface area contributed by atoms with Crippen molar-refractivity contribution in [2.45, 2.75) is 27.7 Å². The molecule has 0 aliphatic rings. The molecule has 0 aliphatic heterocycles. The first kappa shape index (κ1) is 24.3. The lowest BCUT2D eigenvalue weighted by Gasteiger charge is -2.10. The molecule has 0 saturated carbocycles. The smallest absolute Gasteiger partial charge is 0.349 e. The Morgan fingerprint density at radius 1 is 1.06 bits per heavy atom. The molecule has 1 N–H and O–H groups in total. The van der Waals surface area contributed by atoms with Crippen molar-refractivity contribution in [3.63, 3.8) is 0 Å². The average molecular weight is 458 g/mol. The van der Waals surface area contributed by atoms with E-state index in [1.54, 1.807) is 13.2 Å². The summed E-state index contributed by atoms with van der Waals surface area (Å²) in [5.41, 5.74) is 5.88. The van der Waals surface area contributed by atoms with Crippen LogP contribution in [0.5, 0.6) is 5.75 Å². The number of nitriles is 1. The Kier molecular flexibility index (Phi) is 7.54. The van der Waals surface area contributed by atoms with Crippen molar-refractivity contribution >= 4 is 23.6 Å². The van der Waals surface area contributed by atoms with Crippen molar-refractivity contribution in [2.75, 3.05) is 19.0 Å². The molecule has 0 bridgehead atoms. The highest BCUT2D eigenvalue weighted by molar-refractivity contribution is 6.00. The molecule has 174 valence electrons. The van der Waals surface area contributed by atoms with Crippen molar-refractivity contribution in [1.82, 2.24) is 4.57 Å². The third-order valence-electron chi connectivity index (χ3n) is 5.43. The third kappa shape index (κ3) is 5.54. The molecule has 0 fully saturated rings. The van der Waals surface area contributed by atoms with Crippen LogP contribution in [0.25, 0.3) is 11.8 Å². The number of carbonyl (C=O) groups excluding carboxylic acids is 2. The minimum Gasteiger partial charge on any atom is -0.497 e. The van der Waals surface area contributed by atoms with Crippen molar-refractivity contribution in [2.24, 2.45) is 0 Å². The van der Waals surface area contributed by atoms with Gasteiger partial charge < -0.3 is 19.4 Å². The van der Waals surface area contributed by atoms with Gasteiger partial charge in [-0.15, -0.1) is 0 Å². The second-order valence-electron chi connectivity index (χ2n) is 7.97. The van der Waals surface area contributed by atoms with E-state index in [0.717, 1.165) is 34.0 Å². The summed E-state index contributed by atoms with van der Waals surface area (Å²) >= 11 is 0. The van der Waals surface area contributed by atoms with Crippen LogP contribution >= 0.6 is 0 Å². The molecule has 7 nitrogen and oxygen atoms in total. The predicted molar refractivity (Wildman–Crippen MR) is 131 cm³/mol. The Morgan fingerprint density at radius 3 is 2.38 bits per heavy atom. The molecule has 0 saturated heterocycles. The van der Waals surface area contributed by atoms with Gasteiger partial charge in [-0.25, -0.2) is 4.79 Å². The summed E-state index contributed by atoms with van der Waals surface area (Å²) < 4.78 is 12.3. The van der Waals surface area contributed by atoms with Gasteiger partial charge in [0.2, 0.25) is 0 Å². The largest absolute Gasteiger partial charge is 0.497 e. The van der Waals surface area contributed by atoms with Gasteiger partial charge in [-0.3, -0.25) is 4.79 Å². The quantitative estimate of drug-likeness (QED) is 0.312. The third-order valence-corrected chi connectivity index (χ3v) is 5.43. The molecule has 0 spiro atoms. The van der Waals surface area contributed by atoms with Crippen LogP contribution in [0.1, 0.15) is 28.1 Å². The van der Waals surface area contributed by atoms with Crippen LogP contribution in [0.3, 0.4) is 0 Å². The highest BCUT2D eigenvalue weighted by Gasteiger charge is 2.16. The van der Waals surface area contributed by atoms with Crippen LogP contribution in [0, 0.1) is 39.0 Å². The van der Waals surface area contributed by atoms with E-state index in [-0.39, 0.29) is 5.57 Å². The van der Waals surface area contributed by atoms with Gasteiger partial charge in [0.15, 0.2) is 6.61 Å². The molecule has 1 amide bonds. The van der Waals surface area contributed by atoms with E-state index in [9.17, 15) is 14.9 Å². The zero-order valence-electron chi connectivity index (χ0n) is 19.9. The second kappa shape index (κ2) is 10.5. The number of amides is 1. The van der Waals surface area contributed by atoms with Crippen LogP contribution < -0.4 is 10.1 Å². The van der Waals surface area contributed by atoms with E-state index in [1.807, 2.05) is 80.8 Å². The number of nitrogens with zero attached hydrogens (tertiary/aromatic N) is 2. The van der Waals surface area contributed by atoms with Gasteiger partial charge >= 0.3 is 5.97 Å². The van der Waals surface area contributed by atoms with Gasteiger partial charge in [0, 0.05) is 22.8 Å². The number of anilines is 1. The summed E-state index contributed by atoms with van der Waals surface area (Å²) in [4.78, 5) is 24.7. The molecule has 0 unspecified atom stereocenters. The van der Waals surface area contributed by atoms with Crippen molar-refractivity contribution < 1.29 is 19.1 Å². The van der Waals surface area contributed by atoms with E-state index in [2.05, 4.69) is 5.32 Å². The van der Waals surface area contributed by atoms with E-state index in [0.29, 0.717) is 11.3 Å². The highest BCUT2D eigenvalue weighted by atomic mass is 16.5. The Hall–Kier alpha value is -4.31. The fourth-order valence-corrected chi connectivity index (χ4v) is 3.70. The van der Waals surface area contributed by atoms with E-state index >= 15 is 0 Å². The fourth-order valence-electron chi connectivity index (χ4n) is 3.70. The summed E-state index contributed by atoms with van der Waals surface area (Å²) in [7, 11) is 1.61. The van der Waals surface area contributed by atoms with Crippen LogP contribution in [0.15, 0.2) is 54.1 Å². The first-order valence-corrected chi connectivity index (χ1v) is 10.7. The van der Waals surface area contributed by atoms with Gasteiger partial charge in [0.25, 0.3) is 5.91 Å². The molecule has 34 heavy (non-hydrogen) atoms. The molecule has 0 atom stereocenters. The van der Waals surface area contributed by atoms with E-state index in [1.165, 1.54) is 6.08 Å². The van der Waals surface area contributed by atoms with Crippen LogP contribution in [-0.2, 0) is 14.3 Å². The van der Waals surface area contributed by atoms with Gasteiger partial charge in [0.05, 0.1) is 7.11 Å². The number of carbonyl (C=O) groups is 2. The number of nitrogens with one attached hydrogen (secondary N) is 1.